The molecule has 0 heterocycles. The monoisotopic (exact) mass is 285 g/mol. The molecule has 1 rings (SSSR count). The van der Waals surface area contributed by atoms with Crippen molar-refractivity contribution < 1.29 is 14.3 Å². The van der Waals surface area contributed by atoms with Crippen molar-refractivity contribution in [3.05, 3.63) is 34.9 Å². The van der Waals surface area contributed by atoms with Gasteiger partial charge in [0.25, 0.3) is 0 Å². The molecule has 7 heteroatoms. The van der Waals surface area contributed by atoms with Gasteiger partial charge in [0.05, 0.1) is 6.54 Å². The lowest BCUT2D eigenvalue weighted by Gasteiger charge is -2.12. The van der Waals surface area contributed by atoms with Crippen LogP contribution in [0.1, 0.15) is 5.56 Å². The number of carbonyl (C=O) groups excluding carboxylic acids is 2. The quantitative estimate of drug-likeness (QED) is 0.704. The molecule has 0 spiro atoms. The maximum Gasteiger partial charge on any atom is 0.407 e. The Morgan fingerprint density at radius 2 is 1.95 bits per heavy atom. The van der Waals surface area contributed by atoms with E-state index in [1.807, 2.05) is 12.1 Å². The van der Waals surface area contributed by atoms with Gasteiger partial charge in [0.2, 0.25) is 5.91 Å². The zero-order valence-electron chi connectivity index (χ0n) is 10.3. The standard InChI is InChI=1S/C12H16ClN3O3/c13-9-3-1-8(2-4-9)5-10(14)7-19-12(18)16-6-11(15)17/h1-4,10H,5-7,14H2,(H2,15,17)(H,16,18)/t10-/m1/s1. The van der Waals surface area contributed by atoms with E-state index in [1.54, 1.807) is 12.1 Å². The number of ether oxygens (including phenoxy) is 1. The molecule has 1 aromatic carbocycles. The third-order valence-electron chi connectivity index (χ3n) is 2.25. The Morgan fingerprint density at radius 1 is 1.32 bits per heavy atom. The number of nitrogens with one attached hydrogen (secondary N) is 1. The zero-order chi connectivity index (χ0) is 14.3. The summed E-state index contributed by atoms with van der Waals surface area (Å²) in [5.74, 6) is -0.637. The molecule has 6 nitrogen and oxygen atoms in total. The van der Waals surface area contributed by atoms with Gasteiger partial charge in [0.1, 0.15) is 6.61 Å². The smallest absolute Gasteiger partial charge is 0.407 e. The number of benzene rings is 1. The molecule has 1 atom stereocenters. The molecule has 0 aromatic heterocycles. The summed E-state index contributed by atoms with van der Waals surface area (Å²) in [7, 11) is 0. The molecule has 0 bridgehead atoms. The second-order valence-corrected chi connectivity index (χ2v) is 4.45. The van der Waals surface area contributed by atoms with E-state index in [-0.39, 0.29) is 19.2 Å². The lowest BCUT2D eigenvalue weighted by Crippen LogP contribution is -2.37. The van der Waals surface area contributed by atoms with Crippen molar-refractivity contribution in [2.75, 3.05) is 13.2 Å². The largest absolute Gasteiger partial charge is 0.448 e. The molecule has 0 fully saturated rings. The predicted molar refractivity (Wildman–Crippen MR) is 71.7 cm³/mol. The second-order valence-electron chi connectivity index (χ2n) is 4.01. The van der Waals surface area contributed by atoms with Crippen LogP contribution in [0.5, 0.6) is 0 Å². The van der Waals surface area contributed by atoms with Crippen LogP contribution in [-0.4, -0.2) is 31.2 Å². The summed E-state index contributed by atoms with van der Waals surface area (Å²) in [5.41, 5.74) is 11.7. The van der Waals surface area contributed by atoms with Gasteiger partial charge in [-0.3, -0.25) is 4.79 Å². The lowest BCUT2D eigenvalue weighted by molar-refractivity contribution is -0.117. The van der Waals surface area contributed by atoms with E-state index in [4.69, 9.17) is 27.8 Å². The summed E-state index contributed by atoms with van der Waals surface area (Å²) in [6.45, 7) is -0.210. The number of nitrogens with two attached hydrogens (primary N) is 2. The summed E-state index contributed by atoms with van der Waals surface area (Å²) in [6.07, 6.45) is -0.161. The van der Waals surface area contributed by atoms with Crippen LogP contribution in [0.25, 0.3) is 0 Å². The van der Waals surface area contributed by atoms with E-state index in [9.17, 15) is 9.59 Å². The molecule has 0 aliphatic rings. The zero-order valence-corrected chi connectivity index (χ0v) is 11.0. The highest BCUT2D eigenvalue weighted by Gasteiger charge is 2.09. The average Bonchev–Trinajstić information content (AvgIpc) is 2.36. The highest BCUT2D eigenvalue weighted by molar-refractivity contribution is 6.30. The molecule has 104 valence electrons. The normalized spacial score (nSPS) is 11.7. The van der Waals surface area contributed by atoms with Gasteiger partial charge in [-0.15, -0.1) is 0 Å². The molecule has 0 saturated heterocycles. The Labute approximate surface area is 116 Å². The molecular weight excluding hydrogens is 270 g/mol. The van der Waals surface area contributed by atoms with Crippen LogP contribution in [0.4, 0.5) is 4.79 Å². The van der Waals surface area contributed by atoms with Gasteiger partial charge in [-0.1, -0.05) is 23.7 Å². The van der Waals surface area contributed by atoms with Gasteiger partial charge >= 0.3 is 6.09 Å². The Morgan fingerprint density at radius 3 is 2.53 bits per heavy atom. The average molecular weight is 286 g/mol. The van der Waals surface area contributed by atoms with Crippen molar-refractivity contribution in [1.29, 1.82) is 0 Å². The van der Waals surface area contributed by atoms with Crippen molar-refractivity contribution in [2.45, 2.75) is 12.5 Å². The number of alkyl carbamates (subject to hydrolysis) is 1. The van der Waals surface area contributed by atoms with Gasteiger partial charge in [0, 0.05) is 11.1 Å². The Bertz CT molecular complexity index is 436. The molecule has 2 amide bonds. The molecule has 5 N–H and O–H groups in total. The van der Waals surface area contributed by atoms with Crippen molar-refractivity contribution in [2.24, 2.45) is 11.5 Å². The highest BCUT2D eigenvalue weighted by atomic mass is 35.5. The molecular formula is C12H16ClN3O3. The Balaban J connectivity index is 2.27. The summed E-state index contributed by atoms with van der Waals surface area (Å²) < 4.78 is 4.84. The van der Waals surface area contributed by atoms with E-state index in [1.165, 1.54) is 0 Å². The highest BCUT2D eigenvalue weighted by Crippen LogP contribution is 2.10. The topological polar surface area (TPSA) is 107 Å². The number of hydrogen-bond acceptors (Lipinski definition) is 4. The number of hydrogen-bond donors (Lipinski definition) is 3. The fourth-order valence-electron chi connectivity index (χ4n) is 1.38. The van der Waals surface area contributed by atoms with E-state index in [0.29, 0.717) is 11.4 Å². The van der Waals surface area contributed by atoms with Crippen molar-refractivity contribution in [1.82, 2.24) is 5.32 Å². The van der Waals surface area contributed by atoms with Crippen molar-refractivity contribution in [3.8, 4) is 0 Å². The minimum atomic E-state index is -0.717. The van der Waals surface area contributed by atoms with Gasteiger partial charge < -0.3 is 21.5 Å². The van der Waals surface area contributed by atoms with Gasteiger partial charge in [-0.2, -0.15) is 0 Å². The number of rotatable bonds is 6. The fraction of sp³-hybridized carbons (Fsp3) is 0.333. The third kappa shape index (κ3) is 6.64. The molecule has 19 heavy (non-hydrogen) atoms. The predicted octanol–water partition coefficient (Wildman–Crippen LogP) is 0.421. The number of carbonyl (C=O) groups is 2. The van der Waals surface area contributed by atoms with E-state index in [0.717, 1.165) is 5.56 Å². The molecule has 0 saturated carbocycles. The molecule has 0 radical (unpaired) electrons. The molecule has 0 aliphatic carbocycles. The minimum absolute atomic E-state index is 0.0488. The fourth-order valence-corrected chi connectivity index (χ4v) is 1.50. The second kappa shape index (κ2) is 7.60. The van der Waals surface area contributed by atoms with Crippen LogP contribution in [0.2, 0.25) is 5.02 Å². The minimum Gasteiger partial charge on any atom is -0.448 e. The first-order valence-electron chi connectivity index (χ1n) is 5.66. The number of amides is 2. The van der Waals surface area contributed by atoms with Gasteiger partial charge in [-0.05, 0) is 24.1 Å². The van der Waals surface area contributed by atoms with Crippen LogP contribution in [0.15, 0.2) is 24.3 Å². The third-order valence-corrected chi connectivity index (χ3v) is 2.50. The lowest BCUT2D eigenvalue weighted by atomic mass is 10.1. The SMILES string of the molecule is NC(=O)CNC(=O)OC[C@H](N)Cc1ccc(Cl)cc1. The van der Waals surface area contributed by atoms with E-state index in [2.05, 4.69) is 5.32 Å². The molecule has 0 aliphatic heterocycles. The van der Waals surface area contributed by atoms with Crippen LogP contribution < -0.4 is 16.8 Å². The summed E-state index contributed by atoms with van der Waals surface area (Å²) in [4.78, 5) is 21.6. The summed E-state index contributed by atoms with van der Waals surface area (Å²) >= 11 is 5.76. The maximum atomic E-state index is 11.1. The first kappa shape index (κ1) is 15.3. The Kier molecular flexibility index (Phi) is 6.11. The first-order valence-corrected chi connectivity index (χ1v) is 6.04. The molecule has 1 aromatic rings. The first-order chi connectivity index (χ1) is 8.97. The maximum absolute atomic E-state index is 11.1. The molecule has 0 unspecified atom stereocenters. The van der Waals surface area contributed by atoms with Gasteiger partial charge in [-0.25, -0.2) is 4.79 Å². The Hall–Kier alpha value is -1.79. The van der Waals surface area contributed by atoms with Gasteiger partial charge in [0.15, 0.2) is 0 Å². The number of halogens is 1. The van der Waals surface area contributed by atoms with E-state index < -0.39 is 12.0 Å². The van der Waals surface area contributed by atoms with Crippen LogP contribution in [0, 0.1) is 0 Å². The summed E-state index contributed by atoms with van der Waals surface area (Å²) in [6, 6.07) is 6.92. The van der Waals surface area contributed by atoms with Crippen molar-refractivity contribution >= 4 is 23.6 Å². The number of primary amides is 1. The van der Waals surface area contributed by atoms with Crippen LogP contribution in [0.3, 0.4) is 0 Å². The van der Waals surface area contributed by atoms with Crippen LogP contribution >= 0.6 is 11.6 Å². The summed E-state index contributed by atoms with van der Waals surface area (Å²) in [5, 5.41) is 2.85. The van der Waals surface area contributed by atoms with Crippen molar-refractivity contribution in [3.63, 3.8) is 0 Å². The van der Waals surface area contributed by atoms with E-state index >= 15 is 0 Å². The van der Waals surface area contributed by atoms with Crippen LogP contribution in [-0.2, 0) is 16.0 Å².